The van der Waals surface area contributed by atoms with Crippen LogP contribution in [-0.2, 0) is 10.2 Å². The Hall–Kier alpha value is -1.89. The van der Waals surface area contributed by atoms with Gasteiger partial charge in [0, 0.05) is 0 Å². The van der Waals surface area contributed by atoms with Gasteiger partial charge in [0.15, 0.2) is 0 Å². The van der Waals surface area contributed by atoms with Crippen molar-refractivity contribution in [2.45, 2.75) is 67.7 Å². The summed E-state index contributed by atoms with van der Waals surface area (Å²) in [6.45, 7) is 19.8. The number of hydrogen-bond acceptors (Lipinski definition) is 1. The molecule has 0 spiro atoms. The minimum absolute atomic E-state index is 0.0501. The predicted molar refractivity (Wildman–Crippen MR) is 118 cm³/mol. The zero-order chi connectivity index (χ0) is 20.6. The molecule has 0 radical (unpaired) electrons. The number of benzene rings is 1. The standard InChI is InChI=1S/C26H36O/c1-24(2,3)20-12-10-18(11-13-20)14-19-15-22(25(4,5)6)21(17-27)23(16-19)26(7,8)9/h10-17,21H,1-9H3. The first-order valence-corrected chi connectivity index (χ1v) is 9.95. The fourth-order valence-corrected chi connectivity index (χ4v) is 3.62. The average Bonchev–Trinajstić information content (AvgIpc) is 2.52. The monoisotopic (exact) mass is 364 g/mol. The Morgan fingerprint density at radius 2 is 1.15 bits per heavy atom. The van der Waals surface area contributed by atoms with Crippen LogP contribution < -0.4 is 0 Å². The lowest BCUT2D eigenvalue weighted by atomic mass is 9.67. The number of hydrogen-bond donors (Lipinski definition) is 0. The molecule has 0 atom stereocenters. The molecule has 1 heteroatoms. The molecule has 146 valence electrons. The number of carbonyl (C=O) groups is 1. The quantitative estimate of drug-likeness (QED) is 0.510. The van der Waals surface area contributed by atoms with Crippen molar-refractivity contribution in [3.63, 3.8) is 0 Å². The highest BCUT2D eigenvalue weighted by atomic mass is 16.1. The first kappa shape index (κ1) is 21.4. The van der Waals surface area contributed by atoms with Crippen molar-refractivity contribution in [2.24, 2.45) is 16.7 Å². The van der Waals surface area contributed by atoms with Crippen LogP contribution in [0.5, 0.6) is 0 Å². The summed E-state index contributed by atoms with van der Waals surface area (Å²) < 4.78 is 0. The lowest BCUT2D eigenvalue weighted by molar-refractivity contribution is -0.109. The number of aldehydes is 1. The Balaban J connectivity index is 2.54. The van der Waals surface area contributed by atoms with E-state index >= 15 is 0 Å². The van der Waals surface area contributed by atoms with Crippen LogP contribution in [0.1, 0.15) is 73.4 Å². The maximum absolute atomic E-state index is 12.0. The smallest absolute Gasteiger partial charge is 0.131 e. The second-order valence-corrected chi connectivity index (χ2v) is 10.8. The zero-order valence-electron chi connectivity index (χ0n) is 18.6. The molecule has 1 nitrogen and oxygen atoms in total. The van der Waals surface area contributed by atoms with Crippen LogP contribution >= 0.6 is 0 Å². The molecule has 2 rings (SSSR count). The van der Waals surface area contributed by atoms with Crippen LogP contribution in [0.15, 0.2) is 53.1 Å². The summed E-state index contributed by atoms with van der Waals surface area (Å²) in [5.41, 5.74) is 6.16. The highest BCUT2D eigenvalue weighted by Gasteiger charge is 2.35. The first-order chi connectivity index (χ1) is 12.2. The minimum atomic E-state index is -0.134. The second-order valence-electron chi connectivity index (χ2n) is 10.8. The van der Waals surface area contributed by atoms with Crippen LogP contribution in [0.2, 0.25) is 0 Å². The van der Waals surface area contributed by atoms with Crippen molar-refractivity contribution in [2.75, 3.05) is 0 Å². The lowest BCUT2D eigenvalue weighted by Gasteiger charge is -2.37. The summed E-state index contributed by atoms with van der Waals surface area (Å²) in [6.07, 6.45) is 7.77. The van der Waals surface area contributed by atoms with Gasteiger partial charge in [-0.3, -0.25) is 0 Å². The summed E-state index contributed by atoms with van der Waals surface area (Å²) in [6, 6.07) is 8.81. The molecule has 0 N–H and O–H groups in total. The van der Waals surface area contributed by atoms with E-state index in [0.717, 1.165) is 6.29 Å². The van der Waals surface area contributed by atoms with E-state index in [-0.39, 0.29) is 22.2 Å². The highest BCUT2D eigenvalue weighted by molar-refractivity contribution is 5.72. The predicted octanol–water partition coefficient (Wildman–Crippen LogP) is 7.14. The molecule has 1 aromatic carbocycles. The summed E-state index contributed by atoms with van der Waals surface area (Å²) in [7, 11) is 0. The molecule has 0 bridgehead atoms. The van der Waals surface area contributed by atoms with Crippen LogP contribution in [0, 0.1) is 16.7 Å². The largest absolute Gasteiger partial charge is 0.302 e. The van der Waals surface area contributed by atoms with Crippen molar-refractivity contribution < 1.29 is 4.79 Å². The molecular weight excluding hydrogens is 328 g/mol. The van der Waals surface area contributed by atoms with Gasteiger partial charge in [0.2, 0.25) is 0 Å². The van der Waals surface area contributed by atoms with Crippen LogP contribution in [0.4, 0.5) is 0 Å². The summed E-state index contributed by atoms with van der Waals surface area (Å²) >= 11 is 0. The molecule has 0 aromatic heterocycles. The molecule has 0 saturated carbocycles. The lowest BCUT2D eigenvalue weighted by Crippen LogP contribution is -2.28. The molecule has 0 amide bonds. The molecule has 0 unspecified atom stereocenters. The third kappa shape index (κ3) is 5.09. The molecular formula is C26H36O. The highest BCUT2D eigenvalue weighted by Crippen LogP contribution is 2.44. The van der Waals surface area contributed by atoms with E-state index in [1.165, 1.54) is 27.8 Å². The van der Waals surface area contributed by atoms with Gasteiger partial charge in [-0.25, -0.2) is 0 Å². The molecule has 1 aliphatic carbocycles. The molecule has 0 fully saturated rings. The van der Waals surface area contributed by atoms with Gasteiger partial charge >= 0.3 is 0 Å². The van der Waals surface area contributed by atoms with Gasteiger partial charge in [0.25, 0.3) is 0 Å². The maximum Gasteiger partial charge on any atom is 0.131 e. The van der Waals surface area contributed by atoms with Gasteiger partial charge in [0.1, 0.15) is 6.29 Å². The van der Waals surface area contributed by atoms with Gasteiger partial charge in [-0.2, -0.15) is 0 Å². The third-order valence-corrected chi connectivity index (χ3v) is 5.29. The van der Waals surface area contributed by atoms with E-state index in [1.807, 2.05) is 0 Å². The normalized spacial score (nSPS) is 18.7. The Morgan fingerprint density at radius 1 is 0.704 bits per heavy atom. The van der Waals surface area contributed by atoms with Crippen molar-refractivity contribution in [1.29, 1.82) is 0 Å². The zero-order valence-corrected chi connectivity index (χ0v) is 18.6. The van der Waals surface area contributed by atoms with E-state index in [2.05, 4.69) is 105 Å². The fraction of sp³-hybridized carbons (Fsp3) is 0.500. The van der Waals surface area contributed by atoms with Crippen molar-refractivity contribution in [1.82, 2.24) is 0 Å². The van der Waals surface area contributed by atoms with Crippen molar-refractivity contribution >= 4 is 12.4 Å². The molecule has 27 heavy (non-hydrogen) atoms. The minimum Gasteiger partial charge on any atom is -0.302 e. The van der Waals surface area contributed by atoms with Crippen molar-refractivity contribution in [3.8, 4) is 0 Å². The van der Waals surface area contributed by atoms with E-state index in [0.29, 0.717) is 0 Å². The number of allylic oxidation sites excluding steroid dienone is 5. The van der Waals surface area contributed by atoms with Gasteiger partial charge in [-0.15, -0.1) is 0 Å². The molecule has 0 aliphatic heterocycles. The number of rotatable bonds is 2. The fourth-order valence-electron chi connectivity index (χ4n) is 3.62. The Bertz CT molecular complexity index is 745. The van der Waals surface area contributed by atoms with Gasteiger partial charge in [-0.05, 0) is 50.2 Å². The van der Waals surface area contributed by atoms with Gasteiger partial charge in [-0.1, -0.05) is 98.7 Å². The van der Waals surface area contributed by atoms with E-state index in [9.17, 15) is 4.79 Å². The van der Waals surface area contributed by atoms with Gasteiger partial charge < -0.3 is 4.79 Å². The van der Waals surface area contributed by atoms with Crippen molar-refractivity contribution in [3.05, 3.63) is 64.3 Å². The number of carbonyl (C=O) groups excluding carboxylic acids is 1. The van der Waals surface area contributed by atoms with Crippen LogP contribution in [0.3, 0.4) is 0 Å². The summed E-state index contributed by atoms with van der Waals surface area (Å²) in [4.78, 5) is 12.0. The summed E-state index contributed by atoms with van der Waals surface area (Å²) in [5.74, 6) is -0.134. The molecule has 0 saturated heterocycles. The molecule has 1 aromatic rings. The SMILES string of the molecule is CC(C)(C)C1=CC(=Cc2ccc(C(C)(C)C)cc2)C=C(C(C)(C)C)C1C=O. The summed E-state index contributed by atoms with van der Waals surface area (Å²) in [5, 5.41) is 0. The van der Waals surface area contributed by atoms with E-state index in [1.54, 1.807) is 0 Å². The van der Waals surface area contributed by atoms with Gasteiger partial charge in [0.05, 0.1) is 5.92 Å². The van der Waals surface area contributed by atoms with E-state index < -0.39 is 0 Å². The third-order valence-electron chi connectivity index (χ3n) is 5.29. The molecule has 0 heterocycles. The Morgan fingerprint density at radius 3 is 1.48 bits per heavy atom. The van der Waals surface area contributed by atoms with Crippen LogP contribution in [-0.4, -0.2) is 6.29 Å². The Labute approximate surface area is 166 Å². The second kappa shape index (κ2) is 7.26. The maximum atomic E-state index is 12.0. The van der Waals surface area contributed by atoms with E-state index in [4.69, 9.17) is 0 Å². The Kier molecular flexibility index (Phi) is 5.76. The molecule has 1 aliphatic rings. The van der Waals surface area contributed by atoms with Crippen LogP contribution in [0.25, 0.3) is 6.08 Å². The first-order valence-electron chi connectivity index (χ1n) is 9.95. The average molecular weight is 365 g/mol. The topological polar surface area (TPSA) is 17.1 Å².